The van der Waals surface area contributed by atoms with E-state index in [2.05, 4.69) is 28.2 Å². The van der Waals surface area contributed by atoms with Crippen LogP contribution in [0.1, 0.15) is 12.0 Å². The van der Waals surface area contributed by atoms with Crippen LogP contribution in [0.3, 0.4) is 0 Å². The van der Waals surface area contributed by atoms with Crippen molar-refractivity contribution in [3.05, 3.63) is 22.4 Å². The predicted octanol–water partition coefficient (Wildman–Crippen LogP) is 1.79. The zero-order chi connectivity index (χ0) is 8.65. The van der Waals surface area contributed by atoms with Gasteiger partial charge in [0.25, 0.3) is 0 Å². The van der Waals surface area contributed by atoms with E-state index in [4.69, 9.17) is 5.26 Å². The number of hydrogen-bond acceptors (Lipinski definition) is 3. The fourth-order valence-corrected chi connectivity index (χ4v) is 1.64. The Morgan fingerprint density at radius 1 is 1.50 bits per heavy atom. The van der Waals surface area contributed by atoms with Gasteiger partial charge in [-0.05, 0) is 35.4 Å². The smallest absolute Gasteiger partial charge is 0.0635 e. The summed E-state index contributed by atoms with van der Waals surface area (Å²) in [6.45, 7) is 1.78. The number of hydrogen-bond donors (Lipinski definition) is 1. The number of nitrogens with zero attached hydrogens (tertiary/aromatic N) is 1. The molecule has 2 nitrogen and oxygen atoms in total. The molecule has 0 spiro atoms. The van der Waals surface area contributed by atoms with E-state index in [9.17, 15) is 0 Å². The van der Waals surface area contributed by atoms with Crippen LogP contribution in [-0.2, 0) is 6.42 Å². The van der Waals surface area contributed by atoms with Gasteiger partial charge in [-0.25, -0.2) is 0 Å². The molecule has 1 heterocycles. The number of nitriles is 1. The molecule has 1 N–H and O–H groups in total. The lowest BCUT2D eigenvalue weighted by Gasteiger charge is -1.99. The average Bonchev–Trinajstić information content (AvgIpc) is 2.57. The SMILES string of the molecule is N#CCCNCCc1ccsc1. The summed E-state index contributed by atoms with van der Waals surface area (Å²) >= 11 is 1.73. The molecule has 0 aliphatic heterocycles. The molecule has 0 atom stereocenters. The van der Waals surface area contributed by atoms with E-state index in [-0.39, 0.29) is 0 Å². The topological polar surface area (TPSA) is 35.8 Å². The Morgan fingerprint density at radius 2 is 2.42 bits per heavy atom. The molecule has 0 saturated carbocycles. The van der Waals surface area contributed by atoms with Crippen molar-refractivity contribution in [1.29, 1.82) is 5.26 Å². The van der Waals surface area contributed by atoms with E-state index in [1.54, 1.807) is 11.3 Å². The van der Waals surface area contributed by atoms with Crippen molar-refractivity contribution in [2.45, 2.75) is 12.8 Å². The molecular formula is C9H12N2S. The molecule has 0 saturated heterocycles. The summed E-state index contributed by atoms with van der Waals surface area (Å²) in [4.78, 5) is 0. The van der Waals surface area contributed by atoms with Crippen molar-refractivity contribution >= 4 is 11.3 Å². The minimum absolute atomic E-state index is 0.601. The second-order valence-electron chi connectivity index (χ2n) is 2.54. The van der Waals surface area contributed by atoms with Gasteiger partial charge in [-0.2, -0.15) is 16.6 Å². The summed E-state index contributed by atoms with van der Waals surface area (Å²) < 4.78 is 0. The van der Waals surface area contributed by atoms with E-state index < -0.39 is 0 Å². The highest BCUT2D eigenvalue weighted by Gasteiger charge is 1.91. The number of rotatable bonds is 5. The summed E-state index contributed by atoms with van der Waals surface area (Å²) in [7, 11) is 0. The molecule has 0 aliphatic rings. The standard InChI is InChI=1S/C9H12N2S/c10-4-1-5-11-6-2-9-3-7-12-8-9/h3,7-8,11H,1-2,5-6H2. The highest BCUT2D eigenvalue weighted by atomic mass is 32.1. The van der Waals surface area contributed by atoms with Crippen LogP contribution in [0.4, 0.5) is 0 Å². The Balaban J connectivity index is 2.01. The van der Waals surface area contributed by atoms with Crippen molar-refractivity contribution in [1.82, 2.24) is 5.32 Å². The van der Waals surface area contributed by atoms with Gasteiger partial charge >= 0.3 is 0 Å². The number of thiophene rings is 1. The Bertz CT molecular complexity index is 236. The quantitative estimate of drug-likeness (QED) is 0.701. The number of nitrogens with one attached hydrogen (secondary N) is 1. The van der Waals surface area contributed by atoms with E-state index >= 15 is 0 Å². The van der Waals surface area contributed by atoms with Crippen LogP contribution in [0, 0.1) is 11.3 Å². The van der Waals surface area contributed by atoms with E-state index in [0.717, 1.165) is 19.5 Å². The van der Waals surface area contributed by atoms with Crippen LogP contribution in [0.25, 0.3) is 0 Å². The second-order valence-corrected chi connectivity index (χ2v) is 3.32. The summed E-state index contributed by atoms with van der Waals surface area (Å²) in [5.41, 5.74) is 1.38. The molecule has 64 valence electrons. The molecule has 1 aromatic heterocycles. The van der Waals surface area contributed by atoms with Crippen molar-refractivity contribution in [3.8, 4) is 6.07 Å². The van der Waals surface area contributed by atoms with Crippen LogP contribution in [0.5, 0.6) is 0 Å². The maximum absolute atomic E-state index is 8.26. The molecule has 0 aromatic carbocycles. The zero-order valence-corrected chi connectivity index (χ0v) is 7.73. The second kappa shape index (κ2) is 5.76. The molecule has 1 aromatic rings. The Kier molecular flexibility index (Phi) is 4.43. The van der Waals surface area contributed by atoms with Gasteiger partial charge in [0.1, 0.15) is 0 Å². The summed E-state index contributed by atoms with van der Waals surface area (Å²) in [6.07, 6.45) is 1.67. The molecule has 0 amide bonds. The first kappa shape index (κ1) is 9.24. The molecule has 0 aliphatic carbocycles. The molecule has 0 unspecified atom stereocenters. The third kappa shape index (κ3) is 3.51. The van der Waals surface area contributed by atoms with Crippen LogP contribution in [0.2, 0.25) is 0 Å². The molecule has 0 fully saturated rings. The van der Waals surface area contributed by atoms with Gasteiger partial charge in [0.15, 0.2) is 0 Å². The highest BCUT2D eigenvalue weighted by molar-refractivity contribution is 7.07. The molecule has 1 rings (SSSR count). The van der Waals surface area contributed by atoms with Crippen molar-refractivity contribution in [2.24, 2.45) is 0 Å². The van der Waals surface area contributed by atoms with Gasteiger partial charge in [0.05, 0.1) is 6.07 Å². The first-order valence-electron chi connectivity index (χ1n) is 4.02. The lowest BCUT2D eigenvalue weighted by Crippen LogP contribution is -2.17. The Hall–Kier alpha value is -0.850. The molecule has 0 bridgehead atoms. The fourth-order valence-electron chi connectivity index (χ4n) is 0.937. The first-order valence-corrected chi connectivity index (χ1v) is 4.96. The highest BCUT2D eigenvalue weighted by Crippen LogP contribution is 2.05. The van der Waals surface area contributed by atoms with Gasteiger partial charge < -0.3 is 5.32 Å². The minimum atomic E-state index is 0.601. The molecule has 12 heavy (non-hydrogen) atoms. The van der Waals surface area contributed by atoms with E-state index in [1.807, 2.05) is 0 Å². The molecular weight excluding hydrogens is 168 g/mol. The van der Waals surface area contributed by atoms with Crippen molar-refractivity contribution in [2.75, 3.05) is 13.1 Å². The summed E-state index contributed by atoms with van der Waals surface area (Å²) in [5, 5.41) is 15.7. The van der Waals surface area contributed by atoms with Crippen LogP contribution >= 0.6 is 11.3 Å². The largest absolute Gasteiger partial charge is 0.315 e. The van der Waals surface area contributed by atoms with Gasteiger partial charge in [-0.1, -0.05) is 0 Å². The third-order valence-corrected chi connectivity index (χ3v) is 2.32. The fraction of sp³-hybridized carbons (Fsp3) is 0.444. The molecule has 0 radical (unpaired) electrons. The van der Waals surface area contributed by atoms with Crippen molar-refractivity contribution < 1.29 is 0 Å². The minimum Gasteiger partial charge on any atom is -0.315 e. The maximum Gasteiger partial charge on any atom is 0.0635 e. The normalized spacial score (nSPS) is 9.58. The van der Waals surface area contributed by atoms with Gasteiger partial charge in [0, 0.05) is 13.0 Å². The lowest BCUT2D eigenvalue weighted by molar-refractivity contribution is 0.693. The summed E-state index contributed by atoms with van der Waals surface area (Å²) in [6, 6.07) is 4.24. The van der Waals surface area contributed by atoms with Crippen LogP contribution in [-0.4, -0.2) is 13.1 Å². The van der Waals surface area contributed by atoms with E-state index in [0.29, 0.717) is 6.42 Å². The predicted molar refractivity (Wildman–Crippen MR) is 51.1 cm³/mol. The average molecular weight is 180 g/mol. The van der Waals surface area contributed by atoms with E-state index in [1.165, 1.54) is 5.56 Å². The lowest BCUT2D eigenvalue weighted by atomic mass is 10.2. The van der Waals surface area contributed by atoms with Crippen LogP contribution in [0.15, 0.2) is 16.8 Å². The first-order chi connectivity index (χ1) is 5.93. The third-order valence-electron chi connectivity index (χ3n) is 1.58. The van der Waals surface area contributed by atoms with Crippen LogP contribution < -0.4 is 5.32 Å². The summed E-state index contributed by atoms with van der Waals surface area (Å²) in [5.74, 6) is 0. The van der Waals surface area contributed by atoms with Gasteiger partial charge in [0.2, 0.25) is 0 Å². The molecule has 3 heteroatoms. The van der Waals surface area contributed by atoms with Gasteiger partial charge in [-0.3, -0.25) is 0 Å². The monoisotopic (exact) mass is 180 g/mol. The Labute approximate surface area is 76.8 Å². The van der Waals surface area contributed by atoms with Crippen molar-refractivity contribution in [3.63, 3.8) is 0 Å². The Morgan fingerprint density at radius 3 is 3.08 bits per heavy atom. The maximum atomic E-state index is 8.26. The van der Waals surface area contributed by atoms with Gasteiger partial charge in [-0.15, -0.1) is 0 Å². The zero-order valence-electron chi connectivity index (χ0n) is 6.92.